The molecule has 116 valence electrons. The third-order valence-corrected chi connectivity index (χ3v) is 5.07. The molecule has 1 aliphatic rings. The number of carbonyl (C=O) groups excluding carboxylic acids is 1. The van der Waals surface area contributed by atoms with Gasteiger partial charge in [0, 0.05) is 11.1 Å². The van der Waals surface area contributed by atoms with Crippen molar-refractivity contribution in [2.75, 3.05) is 11.1 Å². The Labute approximate surface area is 137 Å². The minimum Gasteiger partial charge on any atom is -0.310 e. The summed E-state index contributed by atoms with van der Waals surface area (Å²) < 4.78 is 1.71. The topological polar surface area (TPSA) is 66.9 Å². The van der Waals surface area contributed by atoms with E-state index in [0.717, 1.165) is 5.56 Å². The third kappa shape index (κ3) is 2.68. The van der Waals surface area contributed by atoms with Crippen molar-refractivity contribution in [2.24, 2.45) is 0 Å². The largest absolute Gasteiger partial charge is 0.310 e. The normalized spacial score (nSPS) is 18.0. The smallest absolute Gasteiger partial charge is 0.270 e. The van der Waals surface area contributed by atoms with Gasteiger partial charge in [-0.1, -0.05) is 23.7 Å². The minimum atomic E-state index is -0.199. The highest BCUT2D eigenvalue weighted by atomic mass is 35.5. The quantitative estimate of drug-likeness (QED) is 0.884. The van der Waals surface area contributed by atoms with Crippen molar-refractivity contribution in [3.8, 4) is 0 Å². The first kappa shape index (κ1) is 15.2. The number of H-pyrrole nitrogens is 1. The number of halogens is 1. The Morgan fingerprint density at radius 3 is 2.59 bits per heavy atom. The number of anilines is 1. The fourth-order valence-corrected chi connectivity index (χ4v) is 3.78. The minimum absolute atomic E-state index is 0.0470. The number of nitrogens with one attached hydrogen (secondary N) is 2. The van der Waals surface area contributed by atoms with Crippen LogP contribution in [-0.2, 0) is 4.79 Å². The summed E-state index contributed by atoms with van der Waals surface area (Å²) in [6, 6.07) is 7.43. The van der Waals surface area contributed by atoms with Crippen LogP contribution in [0.2, 0.25) is 5.02 Å². The lowest BCUT2D eigenvalue weighted by molar-refractivity contribution is -0.113. The van der Waals surface area contributed by atoms with E-state index in [1.165, 1.54) is 11.8 Å². The maximum atomic E-state index is 12.4. The van der Waals surface area contributed by atoms with E-state index in [4.69, 9.17) is 11.6 Å². The number of hydrogen-bond acceptors (Lipinski definition) is 3. The second-order valence-corrected chi connectivity index (χ2v) is 6.99. The molecule has 5 nitrogen and oxygen atoms in total. The first-order valence-electron chi connectivity index (χ1n) is 6.98. The molecule has 0 bridgehead atoms. The number of carbonyl (C=O) groups is 1. The third-order valence-electron chi connectivity index (χ3n) is 3.55. The Morgan fingerprint density at radius 1 is 1.27 bits per heavy atom. The zero-order valence-corrected chi connectivity index (χ0v) is 13.8. The fraction of sp³-hybridized carbons (Fsp3) is 0.333. The van der Waals surface area contributed by atoms with Crippen LogP contribution in [0, 0.1) is 0 Å². The molecular weight excluding hydrogens is 322 g/mol. The molecule has 7 heteroatoms. The number of rotatable bonds is 2. The molecule has 1 atom stereocenters. The van der Waals surface area contributed by atoms with E-state index < -0.39 is 0 Å². The van der Waals surface area contributed by atoms with Gasteiger partial charge in [-0.2, -0.15) is 0 Å². The van der Waals surface area contributed by atoms with Crippen LogP contribution in [0.5, 0.6) is 0 Å². The molecule has 2 heterocycles. The Kier molecular flexibility index (Phi) is 4.06. The summed E-state index contributed by atoms with van der Waals surface area (Å²) in [6.45, 7) is 3.91. The molecule has 0 spiro atoms. The predicted molar refractivity (Wildman–Crippen MR) is 89.8 cm³/mol. The molecule has 1 aliphatic heterocycles. The van der Waals surface area contributed by atoms with Gasteiger partial charge in [0.2, 0.25) is 5.91 Å². The van der Waals surface area contributed by atoms with Gasteiger partial charge in [-0.15, -0.1) is 11.8 Å². The van der Waals surface area contributed by atoms with E-state index in [1.807, 2.05) is 26.0 Å². The van der Waals surface area contributed by atoms with E-state index in [0.29, 0.717) is 22.2 Å². The Hall–Kier alpha value is -1.66. The number of nitrogens with zero attached hydrogens (tertiary/aromatic N) is 1. The van der Waals surface area contributed by atoms with Crippen LogP contribution in [0.4, 0.5) is 5.82 Å². The van der Waals surface area contributed by atoms with Crippen molar-refractivity contribution in [2.45, 2.75) is 25.1 Å². The molecule has 0 radical (unpaired) electrons. The highest BCUT2D eigenvalue weighted by molar-refractivity contribution is 8.00. The first-order chi connectivity index (χ1) is 10.5. The van der Waals surface area contributed by atoms with Crippen molar-refractivity contribution in [3.63, 3.8) is 0 Å². The Morgan fingerprint density at radius 2 is 1.95 bits per heavy atom. The van der Waals surface area contributed by atoms with Gasteiger partial charge in [0.1, 0.15) is 5.82 Å². The van der Waals surface area contributed by atoms with Gasteiger partial charge in [-0.3, -0.25) is 19.4 Å². The van der Waals surface area contributed by atoms with Gasteiger partial charge in [0.25, 0.3) is 5.56 Å². The van der Waals surface area contributed by atoms with Gasteiger partial charge in [-0.25, -0.2) is 0 Å². The summed E-state index contributed by atoms with van der Waals surface area (Å²) in [5, 5.41) is 6.12. The molecule has 3 rings (SSSR count). The van der Waals surface area contributed by atoms with Crippen molar-refractivity contribution >= 4 is 35.1 Å². The van der Waals surface area contributed by atoms with Crippen LogP contribution in [0.3, 0.4) is 0 Å². The van der Waals surface area contributed by atoms with E-state index in [1.54, 1.807) is 16.8 Å². The van der Waals surface area contributed by atoms with Gasteiger partial charge in [0.15, 0.2) is 0 Å². The molecule has 1 aromatic carbocycles. The second-order valence-electron chi connectivity index (χ2n) is 5.46. The highest BCUT2D eigenvalue weighted by Crippen LogP contribution is 2.40. The number of aromatic nitrogens is 2. The fourth-order valence-electron chi connectivity index (χ4n) is 2.53. The van der Waals surface area contributed by atoms with Crippen LogP contribution < -0.4 is 10.9 Å². The molecule has 1 unspecified atom stereocenters. The van der Waals surface area contributed by atoms with Crippen LogP contribution in [-0.4, -0.2) is 21.4 Å². The molecule has 1 aromatic heterocycles. The maximum Gasteiger partial charge on any atom is 0.270 e. The Balaban J connectivity index is 2.17. The molecule has 0 saturated heterocycles. The summed E-state index contributed by atoms with van der Waals surface area (Å²) in [5.41, 5.74) is 1.38. The van der Waals surface area contributed by atoms with Gasteiger partial charge >= 0.3 is 0 Å². The van der Waals surface area contributed by atoms with E-state index in [2.05, 4.69) is 10.4 Å². The molecule has 2 N–H and O–H groups in total. The lowest BCUT2D eigenvalue weighted by Gasteiger charge is -2.15. The zero-order valence-electron chi connectivity index (χ0n) is 12.2. The summed E-state index contributed by atoms with van der Waals surface area (Å²) in [5.74, 6) is 0.769. The van der Waals surface area contributed by atoms with Crippen LogP contribution in [0.15, 0.2) is 29.1 Å². The molecule has 0 fully saturated rings. The lowest BCUT2D eigenvalue weighted by atomic mass is 10.1. The Bertz CT molecular complexity index is 764. The molecule has 22 heavy (non-hydrogen) atoms. The standard InChI is InChI=1S/C15H16ClN3O2S/c1-8(2)19-14-12(15(21)18-19)13(22-7-11(20)17-14)9-3-5-10(16)6-4-9/h3-6,8,13H,7H2,1-2H3,(H,17,20)(H,18,21). The number of hydrogen-bond donors (Lipinski definition) is 2. The molecule has 2 aromatic rings. The number of amides is 1. The van der Waals surface area contributed by atoms with Crippen molar-refractivity contribution < 1.29 is 4.79 Å². The average molecular weight is 338 g/mol. The van der Waals surface area contributed by atoms with Crippen molar-refractivity contribution in [3.05, 3.63) is 50.8 Å². The predicted octanol–water partition coefficient (Wildman–Crippen LogP) is 3.19. The first-order valence-corrected chi connectivity index (χ1v) is 8.41. The van der Waals surface area contributed by atoms with Crippen molar-refractivity contribution in [1.29, 1.82) is 0 Å². The summed E-state index contributed by atoms with van der Waals surface area (Å²) in [6.07, 6.45) is 0. The number of fused-ring (bicyclic) bond motifs is 1. The molecular formula is C15H16ClN3O2S. The SMILES string of the molecule is CC(C)n1[nH]c(=O)c2c1NC(=O)CSC2c1ccc(Cl)cc1. The summed E-state index contributed by atoms with van der Waals surface area (Å²) >= 11 is 7.38. The van der Waals surface area contributed by atoms with E-state index >= 15 is 0 Å². The van der Waals surface area contributed by atoms with Crippen LogP contribution in [0.1, 0.15) is 36.3 Å². The molecule has 0 aliphatic carbocycles. The summed E-state index contributed by atoms with van der Waals surface area (Å²) in [4.78, 5) is 24.4. The monoisotopic (exact) mass is 337 g/mol. The van der Waals surface area contributed by atoms with E-state index in [-0.39, 0.29) is 22.8 Å². The van der Waals surface area contributed by atoms with E-state index in [9.17, 15) is 9.59 Å². The number of benzene rings is 1. The van der Waals surface area contributed by atoms with Gasteiger partial charge < -0.3 is 5.32 Å². The summed E-state index contributed by atoms with van der Waals surface area (Å²) in [7, 11) is 0. The number of aromatic amines is 1. The number of thioether (sulfide) groups is 1. The van der Waals surface area contributed by atoms with Gasteiger partial charge in [0.05, 0.1) is 16.6 Å². The van der Waals surface area contributed by atoms with Crippen molar-refractivity contribution in [1.82, 2.24) is 9.78 Å². The zero-order chi connectivity index (χ0) is 15.9. The maximum absolute atomic E-state index is 12.4. The van der Waals surface area contributed by atoms with Gasteiger partial charge in [-0.05, 0) is 31.5 Å². The van der Waals surface area contributed by atoms with Crippen LogP contribution in [0.25, 0.3) is 0 Å². The lowest BCUT2D eigenvalue weighted by Crippen LogP contribution is -2.17. The molecule has 0 saturated carbocycles. The average Bonchev–Trinajstić information content (AvgIpc) is 2.68. The highest BCUT2D eigenvalue weighted by Gasteiger charge is 2.30. The molecule has 1 amide bonds. The van der Waals surface area contributed by atoms with Crippen LogP contribution >= 0.6 is 23.4 Å². The second kappa shape index (κ2) is 5.85.